The zero-order chi connectivity index (χ0) is 17.4. The van der Waals surface area contributed by atoms with E-state index in [1.807, 2.05) is 0 Å². The largest absolute Gasteiger partial charge is 0.486 e. The standard InChI is InChI=1S/C16H19NO7/c1-21-15(19)3-2-6-17-14(18)10-24-16(20)11-4-5-12-13(9-11)23-8-7-22-12/h4-5,9H,2-3,6-8,10H2,1H3,(H,17,18). The van der Waals surface area contributed by atoms with Crippen molar-refractivity contribution in [2.24, 2.45) is 0 Å². The summed E-state index contributed by atoms with van der Waals surface area (Å²) in [5.41, 5.74) is 0.276. The first kappa shape index (κ1) is 17.6. The van der Waals surface area contributed by atoms with Gasteiger partial charge in [-0.25, -0.2) is 4.79 Å². The van der Waals surface area contributed by atoms with E-state index in [2.05, 4.69) is 10.1 Å². The van der Waals surface area contributed by atoms with Crippen LogP contribution in [0.5, 0.6) is 11.5 Å². The van der Waals surface area contributed by atoms with Gasteiger partial charge in [-0.05, 0) is 24.6 Å². The molecule has 2 rings (SSSR count). The Morgan fingerprint density at radius 3 is 2.67 bits per heavy atom. The summed E-state index contributed by atoms with van der Waals surface area (Å²) in [6, 6.07) is 4.69. The van der Waals surface area contributed by atoms with Crippen LogP contribution in [0.4, 0.5) is 0 Å². The van der Waals surface area contributed by atoms with Gasteiger partial charge in [0.05, 0.1) is 12.7 Å². The summed E-state index contributed by atoms with van der Waals surface area (Å²) in [5, 5.41) is 2.55. The number of esters is 2. The van der Waals surface area contributed by atoms with Gasteiger partial charge >= 0.3 is 11.9 Å². The summed E-state index contributed by atoms with van der Waals surface area (Å²) in [5.74, 6) is -0.360. The Morgan fingerprint density at radius 2 is 1.92 bits per heavy atom. The van der Waals surface area contributed by atoms with E-state index < -0.39 is 18.5 Å². The third-order valence-electron chi connectivity index (χ3n) is 3.22. The lowest BCUT2D eigenvalue weighted by atomic mass is 10.2. The smallest absolute Gasteiger partial charge is 0.338 e. The zero-order valence-electron chi connectivity index (χ0n) is 13.3. The number of rotatable bonds is 7. The first-order valence-electron chi connectivity index (χ1n) is 7.50. The molecule has 8 nitrogen and oxygen atoms in total. The molecule has 24 heavy (non-hydrogen) atoms. The number of methoxy groups -OCH3 is 1. The van der Waals surface area contributed by atoms with E-state index in [1.165, 1.54) is 13.2 Å². The number of fused-ring (bicyclic) bond motifs is 1. The Kier molecular flexibility index (Phi) is 6.41. The van der Waals surface area contributed by atoms with Crippen LogP contribution >= 0.6 is 0 Å². The molecule has 0 saturated carbocycles. The molecule has 130 valence electrons. The molecule has 1 aliphatic rings. The molecule has 1 N–H and O–H groups in total. The van der Waals surface area contributed by atoms with Gasteiger partial charge in [-0.15, -0.1) is 0 Å². The third-order valence-corrected chi connectivity index (χ3v) is 3.22. The highest BCUT2D eigenvalue weighted by Gasteiger charge is 2.16. The fourth-order valence-electron chi connectivity index (χ4n) is 2.00. The molecule has 1 aromatic rings. The van der Waals surface area contributed by atoms with Gasteiger partial charge in [0, 0.05) is 13.0 Å². The first-order chi connectivity index (χ1) is 11.6. The van der Waals surface area contributed by atoms with Crippen molar-refractivity contribution >= 4 is 17.8 Å². The van der Waals surface area contributed by atoms with Crippen LogP contribution in [0.1, 0.15) is 23.2 Å². The highest BCUT2D eigenvalue weighted by atomic mass is 16.6. The van der Waals surface area contributed by atoms with Crippen LogP contribution in [0.2, 0.25) is 0 Å². The fraction of sp³-hybridized carbons (Fsp3) is 0.438. The molecule has 0 spiro atoms. The van der Waals surface area contributed by atoms with Crippen LogP contribution in [0.25, 0.3) is 0 Å². The highest BCUT2D eigenvalue weighted by Crippen LogP contribution is 2.30. The maximum atomic E-state index is 11.9. The van der Waals surface area contributed by atoms with E-state index in [9.17, 15) is 14.4 Å². The molecule has 0 atom stereocenters. The summed E-state index contributed by atoms with van der Waals surface area (Å²) in [7, 11) is 1.30. The second kappa shape index (κ2) is 8.76. The Hall–Kier alpha value is -2.77. The SMILES string of the molecule is COC(=O)CCCNC(=O)COC(=O)c1ccc2c(c1)OCCO2. The molecule has 1 heterocycles. The average molecular weight is 337 g/mol. The maximum absolute atomic E-state index is 11.9. The second-order valence-corrected chi connectivity index (χ2v) is 4.96. The van der Waals surface area contributed by atoms with Gasteiger partial charge in [-0.2, -0.15) is 0 Å². The minimum Gasteiger partial charge on any atom is -0.486 e. The molecule has 0 bridgehead atoms. The van der Waals surface area contributed by atoms with E-state index in [4.69, 9.17) is 14.2 Å². The third kappa shape index (κ3) is 5.15. The molecule has 8 heteroatoms. The number of carbonyl (C=O) groups is 3. The molecule has 1 aliphatic heterocycles. The van der Waals surface area contributed by atoms with Crippen molar-refractivity contribution in [1.82, 2.24) is 5.32 Å². The van der Waals surface area contributed by atoms with Gasteiger partial charge in [0.15, 0.2) is 18.1 Å². The minimum absolute atomic E-state index is 0.216. The van der Waals surface area contributed by atoms with Crippen molar-refractivity contribution in [2.75, 3.05) is 33.5 Å². The molecule has 0 fully saturated rings. The number of hydrogen-bond acceptors (Lipinski definition) is 7. The fourth-order valence-corrected chi connectivity index (χ4v) is 2.00. The molecular weight excluding hydrogens is 318 g/mol. The van der Waals surface area contributed by atoms with Crippen LogP contribution < -0.4 is 14.8 Å². The normalized spacial score (nSPS) is 12.2. The van der Waals surface area contributed by atoms with Crippen LogP contribution in [0, 0.1) is 0 Å². The zero-order valence-corrected chi connectivity index (χ0v) is 13.3. The summed E-state index contributed by atoms with van der Waals surface area (Å²) in [6.45, 7) is 0.785. The number of amides is 1. The first-order valence-corrected chi connectivity index (χ1v) is 7.50. The lowest BCUT2D eigenvalue weighted by Gasteiger charge is -2.18. The Labute approximate surface area is 139 Å². The van der Waals surface area contributed by atoms with Crippen molar-refractivity contribution in [3.63, 3.8) is 0 Å². The van der Waals surface area contributed by atoms with Crippen molar-refractivity contribution in [3.8, 4) is 11.5 Å². The van der Waals surface area contributed by atoms with Crippen LogP contribution in [-0.2, 0) is 19.1 Å². The van der Waals surface area contributed by atoms with Crippen molar-refractivity contribution in [2.45, 2.75) is 12.8 Å². The van der Waals surface area contributed by atoms with Gasteiger partial charge in [-0.1, -0.05) is 0 Å². The predicted octanol–water partition coefficient (Wildman–Crippen LogP) is 0.684. The topological polar surface area (TPSA) is 100 Å². The van der Waals surface area contributed by atoms with Gasteiger partial charge < -0.3 is 24.3 Å². The van der Waals surface area contributed by atoms with Crippen molar-refractivity contribution < 1.29 is 33.3 Å². The Bertz CT molecular complexity index is 614. The van der Waals surface area contributed by atoms with Gasteiger partial charge in [0.25, 0.3) is 5.91 Å². The van der Waals surface area contributed by atoms with Crippen molar-refractivity contribution in [3.05, 3.63) is 23.8 Å². The van der Waals surface area contributed by atoms with E-state index in [0.29, 0.717) is 37.7 Å². The summed E-state index contributed by atoms with van der Waals surface area (Å²) >= 11 is 0. The maximum Gasteiger partial charge on any atom is 0.338 e. The number of hydrogen-bond donors (Lipinski definition) is 1. The van der Waals surface area contributed by atoms with Crippen LogP contribution in [0.15, 0.2) is 18.2 Å². The summed E-state index contributed by atoms with van der Waals surface area (Å²) in [6.07, 6.45) is 0.669. The number of ether oxygens (including phenoxy) is 4. The minimum atomic E-state index is -0.628. The molecule has 1 aromatic carbocycles. The average Bonchev–Trinajstić information content (AvgIpc) is 2.62. The molecule has 0 radical (unpaired) electrons. The Balaban J connectivity index is 1.72. The molecule has 0 saturated heterocycles. The highest BCUT2D eigenvalue weighted by molar-refractivity contribution is 5.92. The predicted molar refractivity (Wildman–Crippen MR) is 82.0 cm³/mol. The molecule has 0 aliphatic carbocycles. The van der Waals surface area contributed by atoms with E-state index in [0.717, 1.165) is 0 Å². The van der Waals surface area contributed by atoms with Gasteiger partial charge in [0.1, 0.15) is 13.2 Å². The second-order valence-electron chi connectivity index (χ2n) is 4.96. The number of benzene rings is 1. The summed E-state index contributed by atoms with van der Waals surface area (Å²) in [4.78, 5) is 34.4. The number of carbonyl (C=O) groups excluding carboxylic acids is 3. The van der Waals surface area contributed by atoms with Crippen molar-refractivity contribution in [1.29, 1.82) is 0 Å². The monoisotopic (exact) mass is 337 g/mol. The van der Waals surface area contributed by atoms with Crippen LogP contribution in [-0.4, -0.2) is 51.3 Å². The van der Waals surface area contributed by atoms with Gasteiger partial charge in [0.2, 0.25) is 0 Å². The summed E-state index contributed by atoms with van der Waals surface area (Å²) < 4.78 is 20.2. The lowest BCUT2D eigenvalue weighted by Crippen LogP contribution is -2.30. The lowest BCUT2D eigenvalue weighted by molar-refractivity contribution is -0.140. The van der Waals surface area contributed by atoms with E-state index in [-0.39, 0.29) is 18.0 Å². The van der Waals surface area contributed by atoms with Crippen LogP contribution in [0.3, 0.4) is 0 Å². The Morgan fingerprint density at radius 1 is 1.17 bits per heavy atom. The van der Waals surface area contributed by atoms with E-state index >= 15 is 0 Å². The van der Waals surface area contributed by atoms with Gasteiger partial charge in [-0.3, -0.25) is 9.59 Å². The molecule has 0 unspecified atom stereocenters. The number of nitrogens with one attached hydrogen (secondary N) is 1. The molecular formula is C16H19NO7. The molecule has 1 amide bonds. The van der Waals surface area contributed by atoms with E-state index in [1.54, 1.807) is 12.1 Å². The molecule has 0 aromatic heterocycles. The quantitative estimate of drug-likeness (QED) is 0.577.